The van der Waals surface area contributed by atoms with Crippen molar-refractivity contribution in [1.29, 1.82) is 0 Å². The number of para-hydroxylation sites is 1. The average molecular weight is 276 g/mol. The second-order valence-corrected chi connectivity index (χ2v) is 4.86. The Kier molecular flexibility index (Phi) is 5.18. The van der Waals surface area contributed by atoms with Crippen molar-refractivity contribution in [2.45, 2.75) is 26.4 Å². The molecule has 0 unspecified atom stereocenters. The third-order valence-corrected chi connectivity index (χ3v) is 3.17. The molecule has 0 fully saturated rings. The monoisotopic (exact) mass is 276 g/mol. The Balaban J connectivity index is 2.15. The lowest BCUT2D eigenvalue weighted by Crippen LogP contribution is -2.22. The summed E-state index contributed by atoms with van der Waals surface area (Å²) in [6.07, 6.45) is 2.70. The summed E-state index contributed by atoms with van der Waals surface area (Å²) >= 11 is 0. The van der Waals surface area contributed by atoms with E-state index in [1.54, 1.807) is 12.3 Å². The zero-order valence-corrected chi connectivity index (χ0v) is 12.0. The van der Waals surface area contributed by atoms with E-state index in [1.165, 1.54) is 6.07 Å². The van der Waals surface area contributed by atoms with E-state index in [2.05, 4.69) is 12.2 Å². The lowest BCUT2D eigenvalue weighted by Gasteiger charge is -2.22. The number of benzene rings is 1. The molecule has 0 aliphatic heterocycles. The van der Waals surface area contributed by atoms with Gasteiger partial charge in [-0.3, -0.25) is 0 Å². The van der Waals surface area contributed by atoms with Crippen LogP contribution in [0.4, 0.5) is 10.1 Å². The van der Waals surface area contributed by atoms with Crippen molar-refractivity contribution in [1.82, 2.24) is 5.32 Å². The van der Waals surface area contributed by atoms with Crippen molar-refractivity contribution in [2.24, 2.45) is 0 Å². The highest BCUT2D eigenvalue weighted by molar-refractivity contribution is 5.54. The predicted octanol–water partition coefficient (Wildman–Crippen LogP) is 3.55. The van der Waals surface area contributed by atoms with E-state index >= 15 is 0 Å². The van der Waals surface area contributed by atoms with Gasteiger partial charge in [0.1, 0.15) is 11.6 Å². The predicted molar refractivity (Wildman–Crippen MR) is 79.2 cm³/mol. The number of nitrogens with zero attached hydrogens (tertiary/aromatic N) is 1. The SMILES string of the molecule is CCCNCc1cccc(F)c1N(C)Cc1ccco1. The lowest BCUT2D eigenvalue weighted by atomic mass is 10.1. The van der Waals surface area contributed by atoms with Gasteiger partial charge in [0.25, 0.3) is 0 Å². The van der Waals surface area contributed by atoms with Crippen LogP contribution in [0.1, 0.15) is 24.7 Å². The molecule has 1 aromatic heterocycles. The quantitative estimate of drug-likeness (QED) is 0.784. The summed E-state index contributed by atoms with van der Waals surface area (Å²) in [4.78, 5) is 1.89. The molecule has 3 nitrogen and oxygen atoms in total. The van der Waals surface area contributed by atoms with E-state index in [9.17, 15) is 4.39 Å². The zero-order valence-electron chi connectivity index (χ0n) is 12.0. The van der Waals surface area contributed by atoms with Gasteiger partial charge < -0.3 is 14.6 Å². The van der Waals surface area contributed by atoms with Gasteiger partial charge >= 0.3 is 0 Å². The first-order valence-corrected chi connectivity index (χ1v) is 6.94. The Bertz CT molecular complexity index is 525. The molecular formula is C16H21FN2O. The van der Waals surface area contributed by atoms with Gasteiger partial charge in [0.2, 0.25) is 0 Å². The Hall–Kier alpha value is -1.81. The van der Waals surface area contributed by atoms with Crippen LogP contribution in [0.3, 0.4) is 0 Å². The molecule has 20 heavy (non-hydrogen) atoms. The molecular weight excluding hydrogens is 255 g/mol. The molecule has 2 aromatic rings. The molecule has 0 amide bonds. The molecule has 0 spiro atoms. The summed E-state index contributed by atoms with van der Waals surface area (Å²) in [5, 5.41) is 3.32. The van der Waals surface area contributed by atoms with Crippen LogP contribution >= 0.6 is 0 Å². The van der Waals surface area contributed by atoms with Crippen LogP contribution in [-0.2, 0) is 13.1 Å². The number of nitrogens with one attached hydrogen (secondary N) is 1. The molecule has 0 saturated heterocycles. The first-order chi connectivity index (χ1) is 9.72. The molecule has 108 valence electrons. The smallest absolute Gasteiger partial charge is 0.146 e. The maximum absolute atomic E-state index is 14.1. The fraction of sp³-hybridized carbons (Fsp3) is 0.375. The molecule has 1 aromatic carbocycles. The van der Waals surface area contributed by atoms with Gasteiger partial charge in [-0.2, -0.15) is 0 Å². The molecule has 4 heteroatoms. The minimum absolute atomic E-state index is 0.199. The Morgan fingerprint density at radius 1 is 1.25 bits per heavy atom. The van der Waals surface area contributed by atoms with E-state index in [4.69, 9.17) is 4.42 Å². The van der Waals surface area contributed by atoms with Gasteiger partial charge in [-0.1, -0.05) is 19.1 Å². The molecule has 0 atom stereocenters. The standard InChI is InChI=1S/C16H21FN2O/c1-3-9-18-11-13-6-4-8-15(17)16(13)19(2)12-14-7-5-10-20-14/h4-8,10,18H,3,9,11-12H2,1-2H3. The highest BCUT2D eigenvalue weighted by Gasteiger charge is 2.13. The summed E-state index contributed by atoms with van der Waals surface area (Å²) in [6.45, 7) is 4.26. The number of hydrogen-bond donors (Lipinski definition) is 1. The number of hydrogen-bond acceptors (Lipinski definition) is 3. The van der Waals surface area contributed by atoms with Crippen LogP contribution in [-0.4, -0.2) is 13.6 Å². The van der Waals surface area contributed by atoms with Crippen LogP contribution in [0.15, 0.2) is 41.0 Å². The number of furan rings is 1. The van der Waals surface area contributed by atoms with Gasteiger partial charge in [-0.15, -0.1) is 0 Å². The summed E-state index contributed by atoms with van der Waals surface area (Å²) in [7, 11) is 1.88. The zero-order chi connectivity index (χ0) is 14.4. The highest BCUT2D eigenvalue weighted by atomic mass is 19.1. The van der Waals surface area contributed by atoms with Gasteiger partial charge in [-0.25, -0.2) is 4.39 Å². The highest BCUT2D eigenvalue weighted by Crippen LogP contribution is 2.25. The third kappa shape index (κ3) is 3.61. The summed E-state index contributed by atoms with van der Waals surface area (Å²) in [5.41, 5.74) is 1.60. The fourth-order valence-corrected chi connectivity index (χ4v) is 2.25. The second kappa shape index (κ2) is 7.10. The van der Waals surface area contributed by atoms with Crippen molar-refractivity contribution >= 4 is 5.69 Å². The maximum Gasteiger partial charge on any atom is 0.146 e. The minimum Gasteiger partial charge on any atom is -0.467 e. The van der Waals surface area contributed by atoms with E-state index in [0.29, 0.717) is 18.8 Å². The van der Waals surface area contributed by atoms with Crippen molar-refractivity contribution in [2.75, 3.05) is 18.5 Å². The van der Waals surface area contributed by atoms with Crippen molar-refractivity contribution in [3.05, 3.63) is 53.7 Å². The van der Waals surface area contributed by atoms with Gasteiger partial charge in [0, 0.05) is 13.6 Å². The normalized spacial score (nSPS) is 10.8. The minimum atomic E-state index is -0.199. The first-order valence-electron chi connectivity index (χ1n) is 6.94. The van der Waals surface area contributed by atoms with Crippen molar-refractivity contribution in [3.63, 3.8) is 0 Å². The third-order valence-electron chi connectivity index (χ3n) is 3.17. The Morgan fingerprint density at radius 2 is 2.10 bits per heavy atom. The maximum atomic E-state index is 14.1. The topological polar surface area (TPSA) is 28.4 Å². The largest absolute Gasteiger partial charge is 0.467 e. The molecule has 0 aliphatic carbocycles. The van der Waals surface area contributed by atoms with E-state index in [0.717, 1.165) is 24.3 Å². The molecule has 0 aliphatic rings. The van der Waals surface area contributed by atoms with Gasteiger partial charge in [0.05, 0.1) is 18.5 Å². The van der Waals surface area contributed by atoms with Crippen LogP contribution in [0.2, 0.25) is 0 Å². The summed E-state index contributed by atoms with van der Waals surface area (Å²) < 4.78 is 19.5. The van der Waals surface area contributed by atoms with Crippen LogP contribution in [0.5, 0.6) is 0 Å². The molecule has 2 rings (SSSR count). The number of halogens is 1. The van der Waals surface area contributed by atoms with Crippen LogP contribution < -0.4 is 10.2 Å². The lowest BCUT2D eigenvalue weighted by molar-refractivity contribution is 0.505. The molecule has 1 N–H and O–H groups in total. The number of anilines is 1. The first kappa shape index (κ1) is 14.6. The second-order valence-electron chi connectivity index (χ2n) is 4.86. The van der Waals surface area contributed by atoms with Crippen molar-refractivity contribution < 1.29 is 8.81 Å². The molecule has 0 radical (unpaired) electrons. The molecule has 1 heterocycles. The van der Waals surface area contributed by atoms with E-state index < -0.39 is 0 Å². The fourth-order valence-electron chi connectivity index (χ4n) is 2.25. The number of rotatable bonds is 7. The average Bonchev–Trinajstić information content (AvgIpc) is 2.92. The Labute approximate surface area is 119 Å². The van der Waals surface area contributed by atoms with Gasteiger partial charge in [-0.05, 0) is 36.7 Å². The van der Waals surface area contributed by atoms with Crippen LogP contribution in [0, 0.1) is 5.82 Å². The summed E-state index contributed by atoms with van der Waals surface area (Å²) in [5.74, 6) is 0.623. The molecule has 0 bridgehead atoms. The van der Waals surface area contributed by atoms with E-state index in [-0.39, 0.29) is 5.82 Å². The van der Waals surface area contributed by atoms with Gasteiger partial charge in [0.15, 0.2) is 0 Å². The summed E-state index contributed by atoms with van der Waals surface area (Å²) in [6, 6.07) is 8.94. The van der Waals surface area contributed by atoms with E-state index in [1.807, 2.05) is 30.1 Å². The van der Waals surface area contributed by atoms with Crippen LogP contribution in [0.25, 0.3) is 0 Å². The molecule has 0 saturated carbocycles. The Morgan fingerprint density at radius 3 is 2.80 bits per heavy atom. The van der Waals surface area contributed by atoms with Crippen molar-refractivity contribution in [3.8, 4) is 0 Å².